The lowest BCUT2D eigenvalue weighted by atomic mass is 10.1. The molecule has 21 heavy (non-hydrogen) atoms. The largest absolute Gasteiger partial charge is 0.378 e. The maximum atomic E-state index is 13.6. The molecule has 1 heterocycles. The molecule has 1 atom stereocenters. The van der Waals surface area contributed by atoms with Crippen LogP contribution in [0.4, 0.5) is 4.39 Å². The van der Waals surface area contributed by atoms with Crippen LogP contribution in [0, 0.1) is 5.82 Å². The normalized spacial score (nSPS) is 19.3. The zero-order chi connectivity index (χ0) is 15.1. The van der Waals surface area contributed by atoms with Gasteiger partial charge in [0.2, 0.25) is 5.91 Å². The molecule has 1 fully saturated rings. The van der Waals surface area contributed by atoms with Crippen molar-refractivity contribution in [3.05, 3.63) is 35.6 Å². The van der Waals surface area contributed by atoms with E-state index in [1.165, 1.54) is 6.07 Å². The average Bonchev–Trinajstić information content (AvgIpc) is 2.73. The molecule has 3 nitrogen and oxygen atoms in total. The second-order valence-electron chi connectivity index (χ2n) is 5.57. The van der Waals surface area contributed by atoms with Gasteiger partial charge in [-0.25, -0.2) is 4.39 Å². The van der Waals surface area contributed by atoms with E-state index in [1.807, 2.05) is 4.90 Å². The van der Waals surface area contributed by atoms with Crippen LogP contribution in [-0.2, 0) is 16.0 Å². The molecule has 0 bridgehead atoms. The Balaban J connectivity index is 1.87. The Bertz CT molecular complexity index is 464. The minimum Gasteiger partial charge on any atom is -0.378 e. The van der Waals surface area contributed by atoms with Crippen molar-refractivity contribution in [3.63, 3.8) is 0 Å². The lowest BCUT2D eigenvalue weighted by Gasteiger charge is -2.21. The second kappa shape index (κ2) is 8.13. The van der Waals surface area contributed by atoms with Crippen LogP contribution in [-0.4, -0.2) is 36.6 Å². The van der Waals surface area contributed by atoms with Crippen molar-refractivity contribution in [1.82, 2.24) is 4.90 Å². The van der Waals surface area contributed by atoms with E-state index in [9.17, 15) is 9.18 Å². The first-order chi connectivity index (χ1) is 10.2. The van der Waals surface area contributed by atoms with Crippen LogP contribution in [0.1, 0.15) is 38.2 Å². The molecule has 116 valence electrons. The maximum absolute atomic E-state index is 13.6. The van der Waals surface area contributed by atoms with Gasteiger partial charge in [-0.15, -0.1) is 0 Å². The van der Waals surface area contributed by atoms with Gasteiger partial charge in [-0.2, -0.15) is 0 Å². The number of hydrogen-bond donors (Lipinski definition) is 0. The number of likely N-dealkylation sites (tertiary alicyclic amines) is 1. The van der Waals surface area contributed by atoms with Crippen LogP contribution in [0.3, 0.4) is 0 Å². The molecule has 1 aliphatic heterocycles. The van der Waals surface area contributed by atoms with Gasteiger partial charge >= 0.3 is 0 Å². The zero-order valence-electron chi connectivity index (χ0n) is 12.7. The number of nitrogens with zero attached hydrogens (tertiary/aromatic N) is 1. The number of rotatable bonds is 5. The highest BCUT2D eigenvalue weighted by atomic mass is 19.1. The Hall–Kier alpha value is -1.42. The van der Waals surface area contributed by atoms with Gasteiger partial charge in [0.15, 0.2) is 0 Å². The molecular formula is C17H24FNO2. The van der Waals surface area contributed by atoms with Gasteiger partial charge in [0.05, 0.1) is 12.5 Å². The predicted octanol–water partition coefficient (Wildman–Crippen LogP) is 3.18. The lowest BCUT2D eigenvalue weighted by molar-refractivity contribution is -0.130. The summed E-state index contributed by atoms with van der Waals surface area (Å²) in [5, 5.41) is 0. The molecule has 1 saturated heterocycles. The monoisotopic (exact) mass is 293 g/mol. The molecule has 1 aromatic rings. The summed E-state index contributed by atoms with van der Waals surface area (Å²) in [6.45, 7) is 4.34. The summed E-state index contributed by atoms with van der Waals surface area (Å²) >= 11 is 0. The van der Waals surface area contributed by atoms with Crippen LogP contribution in [0.5, 0.6) is 0 Å². The molecular weight excluding hydrogens is 269 g/mol. The molecule has 0 spiro atoms. The van der Waals surface area contributed by atoms with Gasteiger partial charge in [0.25, 0.3) is 0 Å². The molecule has 4 heteroatoms. The van der Waals surface area contributed by atoms with E-state index in [-0.39, 0.29) is 24.2 Å². The van der Waals surface area contributed by atoms with E-state index in [2.05, 4.69) is 6.92 Å². The van der Waals surface area contributed by atoms with Gasteiger partial charge < -0.3 is 9.64 Å². The number of hydrogen-bond acceptors (Lipinski definition) is 2. The third-order valence-electron chi connectivity index (χ3n) is 3.89. The van der Waals surface area contributed by atoms with E-state index in [1.54, 1.807) is 18.2 Å². The fourth-order valence-corrected chi connectivity index (χ4v) is 2.68. The smallest absolute Gasteiger partial charge is 0.227 e. The molecule has 0 N–H and O–H groups in total. The van der Waals surface area contributed by atoms with Crippen molar-refractivity contribution < 1.29 is 13.9 Å². The number of amides is 1. The molecule has 2 rings (SSSR count). The Morgan fingerprint density at radius 2 is 2.14 bits per heavy atom. The molecule has 1 amide bonds. The zero-order valence-corrected chi connectivity index (χ0v) is 12.7. The molecule has 0 unspecified atom stereocenters. The maximum Gasteiger partial charge on any atom is 0.227 e. The van der Waals surface area contributed by atoms with Crippen molar-refractivity contribution in [2.45, 2.75) is 45.1 Å². The summed E-state index contributed by atoms with van der Waals surface area (Å²) in [5.74, 6) is -0.291. The van der Waals surface area contributed by atoms with Crippen molar-refractivity contribution >= 4 is 5.91 Å². The number of carbonyl (C=O) groups is 1. The molecule has 0 saturated carbocycles. The van der Waals surface area contributed by atoms with Crippen molar-refractivity contribution in [1.29, 1.82) is 0 Å². The van der Waals surface area contributed by atoms with E-state index < -0.39 is 0 Å². The molecule has 0 aromatic heterocycles. The molecule has 1 aromatic carbocycles. The van der Waals surface area contributed by atoms with Crippen LogP contribution in [0.25, 0.3) is 0 Å². The SMILES string of the molecule is CCCO[C@H]1CCCN(C(=O)Cc2ccccc2F)CC1. The fourth-order valence-electron chi connectivity index (χ4n) is 2.68. The number of carbonyl (C=O) groups excluding carboxylic acids is 1. The van der Waals surface area contributed by atoms with E-state index in [0.29, 0.717) is 12.1 Å². The highest BCUT2D eigenvalue weighted by Crippen LogP contribution is 2.16. The third kappa shape index (κ3) is 4.81. The lowest BCUT2D eigenvalue weighted by Crippen LogP contribution is -2.33. The van der Waals surface area contributed by atoms with Gasteiger partial charge in [-0.1, -0.05) is 25.1 Å². The Morgan fingerprint density at radius 3 is 2.90 bits per heavy atom. The van der Waals surface area contributed by atoms with E-state index in [4.69, 9.17) is 4.74 Å². The highest BCUT2D eigenvalue weighted by molar-refractivity contribution is 5.78. The standard InChI is InChI=1S/C17H24FNO2/c1-2-12-21-15-7-5-10-19(11-9-15)17(20)13-14-6-3-4-8-16(14)18/h3-4,6,8,15H,2,5,7,9-13H2,1H3/t15-/m0/s1. The molecule has 0 aliphatic carbocycles. The van der Waals surface area contributed by atoms with Crippen molar-refractivity contribution in [2.75, 3.05) is 19.7 Å². The summed E-state index contributed by atoms with van der Waals surface area (Å²) in [6, 6.07) is 6.49. The minimum atomic E-state index is -0.301. The molecule has 0 radical (unpaired) electrons. The summed E-state index contributed by atoms with van der Waals surface area (Å²) in [4.78, 5) is 14.2. The topological polar surface area (TPSA) is 29.5 Å². The predicted molar refractivity (Wildman–Crippen MR) is 80.6 cm³/mol. The number of ether oxygens (including phenoxy) is 1. The second-order valence-corrected chi connectivity index (χ2v) is 5.57. The van der Waals surface area contributed by atoms with E-state index >= 15 is 0 Å². The minimum absolute atomic E-state index is 0.0104. The molecule has 1 aliphatic rings. The Labute approximate surface area is 126 Å². The number of benzene rings is 1. The first kappa shape index (κ1) is 16.0. The van der Waals surface area contributed by atoms with E-state index in [0.717, 1.165) is 38.8 Å². The summed E-state index contributed by atoms with van der Waals surface area (Å²) < 4.78 is 19.4. The van der Waals surface area contributed by atoms with Gasteiger partial charge in [-0.05, 0) is 37.3 Å². The van der Waals surface area contributed by atoms with Crippen LogP contribution in [0.15, 0.2) is 24.3 Å². The summed E-state index contributed by atoms with van der Waals surface area (Å²) in [6.07, 6.45) is 4.26. The number of halogens is 1. The summed E-state index contributed by atoms with van der Waals surface area (Å²) in [7, 11) is 0. The Morgan fingerprint density at radius 1 is 1.33 bits per heavy atom. The first-order valence-corrected chi connectivity index (χ1v) is 7.83. The van der Waals surface area contributed by atoms with Gasteiger partial charge in [0, 0.05) is 19.7 Å². The van der Waals surface area contributed by atoms with Crippen LogP contribution < -0.4 is 0 Å². The van der Waals surface area contributed by atoms with Crippen LogP contribution in [0.2, 0.25) is 0 Å². The third-order valence-corrected chi connectivity index (χ3v) is 3.89. The van der Waals surface area contributed by atoms with Gasteiger partial charge in [0.1, 0.15) is 5.82 Å². The fraction of sp³-hybridized carbons (Fsp3) is 0.588. The summed E-state index contributed by atoms with van der Waals surface area (Å²) in [5.41, 5.74) is 0.477. The highest BCUT2D eigenvalue weighted by Gasteiger charge is 2.21. The van der Waals surface area contributed by atoms with Crippen molar-refractivity contribution in [2.24, 2.45) is 0 Å². The first-order valence-electron chi connectivity index (χ1n) is 7.83. The quantitative estimate of drug-likeness (QED) is 0.834. The average molecular weight is 293 g/mol. The van der Waals surface area contributed by atoms with Crippen LogP contribution >= 0.6 is 0 Å². The van der Waals surface area contributed by atoms with Gasteiger partial charge in [-0.3, -0.25) is 4.79 Å². The van der Waals surface area contributed by atoms with Crippen molar-refractivity contribution in [3.8, 4) is 0 Å². The Kier molecular flexibility index (Phi) is 6.18.